The summed E-state index contributed by atoms with van der Waals surface area (Å²) in [6.45, 7) is 0. The fourth-order valence-electron chi connectivity index (χ4n) is 2.63. The highest BCUT2D eigenvalue weighted by Gasteiger charge is 2.29. The van der Waals surface area contributed by atoms with Crippen molar-refractivity contribution in [2.75, 3.05) is 0 Å². The average Bonchev–Trinajstić information content (AvgIpc) is 2.64. The van der Waals surface area contributed by atoms with Gasteiger partial charge in [0.2, 0.25) is 5.91 Å². The molecule has 0 bridgehead atoms. The molecule has 0 saturated heterocycles. The number of nitrogens with one attached hydrogen (secondary N) is 1. The predicted molar refractivity (Wildman–Crippen MR) is 76.3 cm³/mol. The first-order valence-corrected chi connectivity index (χ1v) is 7.17. The molecule has 3 N–H and O–H groups in total. The molecular formula is C14H18ClN3O2. The molecule has 1 heterocycles. The summed E-state index contributed by atoms with van der Waals surface area (Å²) in [5, 5.41) is 3.20. The van der Waals surface area contributed by atoms with Crippen molar-refractivity contribution in [2.45, 2.75) is 38.1 Å². The predicted octanol–water partition coefficient (Wildman–Crippen LogP) is 1.90. The van der Waals surface area contributed by atoms with Crippen LogP contribution >= 0.6 is 11.6 Å². The second-order valence-corrected chi connectivity index (χ2v) is 5.49. The Kier molecular flexibility index (Phi) is 4.95. The van der Waals surface area contributed by atoms with E-state index >= 15 is 0 Å². The van der Waals surface area contributed by atoms with Crippen LogP contribution in [0.2, 0.25) is 5.02 Å². The molecule has 5 nitrogen and oxygen atoms in total. The molecule has 1 aromatic heterocycles. The zero-order valence-electron chi connectivity index (χ0n) is 11.1. The van der Waals surface area contributed by atoms with E-state index in [1.165, 1.54) is 12.4 Å². The normalized spacial score (nSPS) is 22.9. The Morgan fingerprint density at radius 1 is 1.30 bits per heavy atom. The zero-order chi connectivity index (χ0) is 14.5. The number of hydrogen-bond donors (Lipinski definition) is 2. The van der Waals surface area contributed by atoms with Crippen LogP contribution in [-0.4, -0.2) is 22.8 Å². The van der Waals surface area contributed by atoms with E-state index in [2.05, 4.69) is 10.3 Å². The third kappa shape index (κ3) is 3.48. The van der Waals surface area contributed by atoms with Gasteiger partial charge in [-0.05, 0) is 18.9 Å². The quantitative estimate of drug-likeness (QED) is 0.835. The maximum atomic E-state index is 12.2. The molecule has 0 aliphatic heterocycles. The number of aromatic nitrogens is 1. The first kappa shape index (κ1) is 14.8. The molecule has 1 saturated carbocycles. The molecule has 108 valence electrons. The van der Waals surface area contributed by atoms with Crippen molar-refractivity contribution < 1.29 is 9.59 Å². The molecule has 2 atom stereocenters. The van der Waals surface area contributed by atoms with Crippen LogP contribution in [0, 0.1) is 5.92 Å². The van der Waals surface area contributed by atoms with Gasteiger partial charge in [-0.15, -0.1) is 0 Å². The molecule has 1 aliphatic carbocycles. The number of carbonyl (C=O) groups excluding carboxylic acids is 2. The molecule has 1 aromatic rings. The molecule has 6 heteroatoms. The molecule has 0 aromatic carbocycles. The molecule has 0 radical (unpaired) electrons. The number of pyridine rings is 1. The van der Waals surface area contributed by atoms with E-state index in [4.69, 9.17) is 17.3 Å². The fraction of sp³-hybridized carbons (Fsp3) is 0.500. The summed E-state index contributed by atoms with van der Waals surface area (Å²) < 4.78 is 0. The van der Waals surface area contributed by atoms with Gasteiger partial charge in [0.1, 0.15) is 0 Å². The van der Waals surface area contributed by atoms with Crippen LogP contribution in [0.1, 0.15) is 42.5 Å². The van der Waals surface area contributed by atoms with Crippen molar-refractivity contribution in [2.24, 2.45) is 11.7 Å². The zero-order valence-corrected chi connectivity index (χ0v) is 11.9. The smallest absolute Gasteiger partial charge is 0.253 e. The molecule has 2 rings (SSSR count). The van der Waals surface area contributed by atoms with Crippen molar-refractivity contribution in [3.05, 3.63) is 29.0 Å². The molecule has 20 heavy (non-hydrogen) atoms. The van der Waals surface area contributed by atoms with Gasteiger partial charge in [0.25, 0.3) is 5.91 Å². The summed E-state index contributed by atoms with van der Waals surface area (Å²) in [5.74, 6) is -0.935. The second kappa shape index (κ2) is 6.70. The number of halogens is 1. The van der Waals surface area contributed by atoms with Crippen LogP contribution in [0.15, 0.2) is 18.5 Å². The monoisotopic (exact) mass is 295 g/mol. The molecule has 1 fully saturated rings. The van der Waals surface area contributed by atoms with Gasteiger partial charge in [-0.25, -0.2) is 0 Å². The molecule has 0 unspecified atom stereocenters. The number of carbonyl (C=O) groups is 2. The van der Waals surface area contributed by atoms with E-state index in [-0.39, 0.29) is 23.8 Å². The first-order chi connectivity index (χ1) is 9.59. The minimum atomic E-state index is -0.349. The number of primary amides is 1. The lowest BCUT2D eigenvalue weighted by Gasteiger charge is -2.23. The van der Waals surface area contributed by atoms with E-state index in [0.717, 1.165) is 32.1 Å². The lowest BCUT2D eigenvalue weighted by molar-refractivity contribution is -0.122. The van der Waals surface area contributed by atoms with Crippen LogP contribution in [0.5, 0.6) is 0 Å². The highest BCUT2D eigenvalue weighted by Crippen LogP contribution is 2.24. The van der Waals surface area contributed by atoms with Crippen molar-refractivity contribution in [3.63, 3.8) is 0 Å². The number of rotatable bonds is 3. The highest BCUT2D eigenvalue weighted by molar-refractivity contribution is 6.33. The Morgan fingerprint density at radius 3 is 2.75 bits per heavy atom. The molecule has 0 spiro atoms. The standard InChI is InChI=1S/C14H18ClN3O2/c15-11-8-17-7-6-9(11)14(20)18-12-5-3-1-2-4-10(12)13(16)19/h6-8,10,12H,1-5H2,(H2,16,19)(H,18,20)/t10-,12-/m0/s1. The maximum Gasteiger partial charge on any atom is 0.253 e. The summed E-state index contributed by atoms with van der Waals surface area (Å²) in [6, 6.07) is 1.35. The fourth-order valence-corrected chi connectivity index (χ4v) is 2.83. The van der Waals surface area contributed by atoms with Gasteiger partial charge in [0.15, 0.2) is 0 Å². The Labute approximate surface area is 122 Å². The van der Waals surface area contributed by atoms with E-state index in [1.54, 1.807) is 6.07 Å². The van der Waals surface area contributed by atoms with Gasteiger partial charge in [-0.3, -0.25) is 14.6 Å². The largest absolute Gasteiger partial charge is 0.369 e. The minimum absolute atomic E-state index is 0.216. The van der Waals surface area contributed by atoms with Gasteiger partial charge in [0.05, 0.1) is 16.5 Å². The Morgan fingerprint density at radius 2 is 2.05 bits per heavy atom. The number of nitrogens with two attached hydrogens (primary N) is 1. The van der Waals surface area contributed by atoms with Crippen molar-refractivity contribution in [1.82, 2.24) is 10.3 Å². The van der Waals surface area contributed by atoms with Crippen LogP contribution in [0.4, 0.5) is 0 Å². The van der Waals surface area contributed by atoms with Crippen LogP contribution in [0.3, 0.4) is 0 Å². The average molecular weight is 296 g/mol. The number of nitrogens with zero attached hydrogens (tertiary/aromatic N) is 1. The summed E-state index contributed by atoms with van der Waals surface area (Å²) in [6.07, 6.45) is 7.45. The van der Waals surface area contributed by atoms with Crippen LogP contribution < -0.4 is 11.1 Å². The van der Waals surface area contributed by atoms with E-state index in [1.807, 2.05) is 0 Å². The summed E-state index contributed by atoms with van der Waals surface area (Å²) in [4.78, 5) is 27.6. The molecule has 2 amide bonds. The van der Waals surface area contributed by atoms with Crippen molar-refractivity contribution in [3.8, 4) is 0 Å². The lowest BCUT2D eigenvalue weighted by Crippen LogP contribution is -2.45. The Bertz CT molecular complexity index is 507. The van der Waals surface area contributed by atoms with Gasteiger partial charge in [0, 0.05) is 18.4 Å². The molecular weight excluding hydrogens is 278 g/mol. The highest BCUT2D eigenvalue weighted by atomic mass is 35.5. The first-order valence-electron chi connectivity index (χ1n) is 6.79. The van der Waals surface area contributed by atoms with Gasteiger partial charge in [-0.2, -0.15) is 0 Å². The number of hydrogen-bond acceptors (Lipinski definition) is 3. The third-order valence-electron chi connectivity index (χ3n) is 3.71. The van der Waals surface area contributed by atoms with Crippen LogP contribution in [-0.2, 0) is 4.79 Å². The van der Waals surface area contributed by atoms with E-state index in [0.29, 0.717) is 10.6 Å². The topological polar surface area (TPSA) is 85.1 Å². The molecule has 1 aliphatic rings. The Hall–Kier alpha value is -1.62. The van der Waals surface area contributed by atoms with E-state index in [9.17, 15) is 9.59 Å². The summed E-state index contributed by atoms with van der Waals surface area (Å²) >= 11 is 5.95. The lowest BCUT2D eigenvalue weighted by atomic mass is 9.94. The van der Waals surface area contributed by atoms with Crippen LogP contribution in [0.25, 0.3) is 0 Å². The summed E-state index contributed by atoms with van der Waals surface area (Å²) in [7, 11) is 0. The van der Waals surface area contributed by atoms with E-state index < -0.39 is 0 Å². The van der Waals surface area contributed by atoms with Gasteiger partial charge in [-0.1, -0.05) is 30.9 Å². The van der Waals surface area contributed by atoms with Gasteiger partial charge >= 0.3 is 0 Å². The third-order valence-corrected chi connectivity index (χ3v) is 4.02. The second-order valence-electron chi connectivity index (χ2n) is 5.08. The van der Waals surface area contributed by atoms with Crippen molar-refractivity contribution in [1.29, 1.82) is 0 Å². The number of amides is 2. The minimum Gasteiger partial charge on any atom is -0.369 e. The van der Waals surface area contributed by atoms with Gasteiger partial charge < -0.3 is 11.1 Å². The maximum absolute atomic E-state index is 12.2. The Balaban J connectivity index is 2.12. The van der Waals surface area contributed by atoms with Crippen molar-refractivity contribution >= 4 is 23.4 Å². The SMILES string of the molecule is NC(=O)[C@H]1CCCCC[C@@H]1NC(=O)c1ccncc1Cl. The summed E-state index contributed by atoms with van der Waals surface area (Å²) in [5.41, 5.74) is 5.81.